The second kappa shape index (κ2) is 6.98. The number of hydrogen-bond acceptors (Lipinski definition) is 5. The lowest BCUT2D eigenvalue weighted by molar-refractivity contribution is -0.134. The normalized spacial score (nSPS) is 26.4. The van der Waals surface area contributed by atoms with E-state index < -0.39 is 0 Å². The first-order valence-corrected chi connectivity index (χ1v) is 8.41. The molecule has 1 unspecified atom stereocenters. The SMILES string of the molecule is Cn1cc(C2(C)CN(CCC(=O)N3CCNCC3)CCO2)cn1. The Morgan fingerprint density at radius 3 is 2.87 bits per heavy atom. The Kier molecular flexibility index (Phi) is 4.99. The highest BCUT2D eigenvalue weighted by atomic mass is 16.5. The molecule has 1 atom stereocenters. The number of aromatic nitrogens is 2. The molecule has 7 heteroatoms. The first-order valence-electron chi connectivity index (χ1n) is 8.41. The van der Waals surface area contributed by atoms with Crippen LogP contribution in [0.25, 0.3) is 0 Å². The molecule has 1 aromatic rings. The van der Waals surface area contributed by atoms with E-state index in [1.807, 2.05) is 24.3 Å². The summed E-state index contributed by atoms with van der Waals surface area (Å²) in [5.74, 6) is 0.265. The van der Waals surface area contributed by atoms with Gasteiger partial charge in [0.1, 0.15) is 5.60 Å². The highest BCUT2D eigenvalue weighted by Gasteiger charge is 2.35. The number of nitrogens with one attached hydrogen (secondary N) is 1. The van der Waals surface area contributed by atoms with Gasteiger partial charge in [-0.25, -0.2) is 0 Å². The Hall–Kier alpha value is -1.44. The molecular weight excluding hydrogens is 294 g/mol. The number of aryl methyl sites for hydroxylation is 1. The maximum absolute atomic E-state index is 12.3. The molecule has 2 fully saturated rings. The van der Waals surface area contributed by atoms with Gasteiger partial charge in [-0.05, 0) is 6.92 Å². The zero-order valence-electron chi connectivity index (χ0n) is 14.1. The number of morpholine rings is 1. The van der Waals surface area contributed by atoms with Crippen LogP contribution in [0.1, 0.15) is 18.9 Å². The lowest BCUT2D eigenvalue weighted by atomic mass is 9.97. The van der Waals surface area contributed by atoms with E-state index in [1.165, 1.54) is 0 Å². The van der Waals surface area contributed by atoms with E-state index in [0.717, 1.165) is 51.4 Å². The summed E-state index contributed by atoms with van der Waals surface area (Å²) in [6.07, 6.45) is 4.47. The van der Waals surface area contributed by atoms with Crippen molar-refractivity contribution in [3.8, 4) is 0 Å². The molecule has 0 spiro atoms. The van der Waals surface area contributed by atoms with Crippen molar-refractivity contribution in [2.75, 3.05) is 52.4 Å². The summed E-state index contributed by atoms with van der Waals surface area (Å²) in [6, 6.07) is 0. The predicted octanol–water partition coefficient (Wildman–Crippen LogP) is -0.211. The fourth-order valence-corrected chi connectivity index (χ4v) is 3.34. The van der Waals surface area contributed by atoms with Crippen molar-refractivity contribution in [2.45, 2.75) is 18.9 Å². The Labute approximate surface area is 137 Å². The lowest BCUT2D eigenvalue weighted by Crippen LogP contribution is -2.50. The maximum Gasteiger partial charge on any atom is 0.223 e. The van der Waals surface area contributed by atoms with Gasteiger partial charge in [-0.1, -0.05) is 0 Å². The highest BCUT2D eigenvalue weighted by molar-refractivity contribution is 5.76. The summed E-state index contributed by atoms with van der Waals surface area (Å²) in [5, 5.41) is 7.53. The number of amides is 1. The summed E-state index contributed by atoms with van der Waals surface area (Å²) in [7, 11) is 1.92. The number of nitrogens with zero attached hydrogens (tertiary/aromatic N) is 4. The van der Waals surface area contributed by atoms with Gasteiger partial charge < -0.3 is 15.0 Å². The Morgan fingerprint density at radius 1 is 1.39 bits per heavy atom. The van der Waals surface area contributed by atoms with Crippen LogP contribution in [0, 0.1) is 0 Å². The average molecular weight is 321 g/mol. The van der Waals surface area contributed by atoms with Crippen LogP contribution < -0.4 is 5.32 Å². The third-order valence-corrected chi connectivity index (χ3v) is 4.78. The van der Waals surface area contributed by atoms with Crippen molar-refractivity contribution in [1.82, 2.24) is 24.9 Å². The first kappa shape index (κ1) is 16.4. The molecule has 0 aliphatic carbocycles. The third kappa shape index (κ3) is 3.91. The van der Waals surface area contributed by atoms with Crippen molar-refractivity contribution in [1.29, 1.82) is 0 Å². The van der Waals surface area contributed by atoms with Gasteiger partial charge in [-0.15, -0.1) is 0 Å². The van der Waals surface area contributed by atoms with E-state index in [4.69, 9.17) is 4.74 Å². The van der Waals surface area contributed by atoms with Crippen LogP contribution in [-0.4, -0.2) is 77.9 Å². The summed E-state index contributed by atoms with van der Waals surface area (Å²) in [5.41, 5.74) is 0.753. The van der Waals surface area contributed by atoms with E-state index in [0.29, 0.717) is 13.0 Å². The topological polar surface area (TPSA) is 62.6 Å². The molecule has 1 N–H and O–H groups in total. The largest absolute Gasteiger partial charge is 0.368 e. The molecule has 2 saturated heterocycles. The van der Waals surface area contributed by atoms with Gasteiger partial charge in [0, 0.05) is 71.0 Å². The number of hydrogen-bond donors (Lipinski definition) is 1. The van der Waals surface area contributed by atoms with Crippen molar-refractivity contribution >= 4 is 5.91 Å². The molecule has 2 aliphatic heterocycles. The molecule has 1 amide bonds. The van der Waals surface area contributed by atoms with E-state index in [9.17, 15) is 4.79 Å². The summed E-state index contributed by atoms with van der Waals surface area (Å²) in [4.78, 5) is 16.6. The van der Waals surface area contributed by atoms with Crippen LogP contribution in [-0.2, 0) is 22.2 Å². The third-order valence-electron chi connectivity index (χ3n) is 4.78. The van der Waals surface area contributed by atoms with Crippen molar-refractivity contribution < 1.29 is 9.53 Å². The summed E-state index contributed by atoms with van der Waals surface area (Å²) >= 11 is 0. The van der Waals surface area contributed by atoms with Gasteiger partial charge in [-0.2, -0.15) is 5.10 Å². The molecule has 0 saturated carbocycles. The van der Waals surface area contributed by atoms with Crippen molar-refractivity contribution in [3.63, 3.8) is 0 Å². The minimum Gasteiger partial charge on any atom is -0.368 e. The molecule has 0 aromatic carbocycles. The lowest BCUT2D eigenvalue weighted by Gasteiger charge is -2.40. The van der Waals surface area contributed by atoms with Crippen LogP contribution in [0.15, 0.2) is 12.4 Å². The van der Waals surface area contributed by atoms with Crippen molar-refractivity contribution in [3.05, 3.63) is 18.0 Å². The standard InChI is InChI=1S/C16H27N5O2/c1-16(14-11-18-19(2)12-14)13-20(9-10-23-16)6-3-15(22)21-7-4-17-5-8-21/h11-12,17H,3-10,13H2,1-2H3. The molecule has 1 aromatic heterocycles. The minimum absolute atomic E-state index is 0.265. The fourth-order valence-electron chi connectivity index (χ4n) is 3.34. The smallest absolute Gasteiger partial charge is 0.223 e. The van der Waals surface area contributed by atoms with Crippen LogP contribution in [0.2, 0.25) is 0 Å². The Morgan fingerprint density at radius 2 is 2.17 bits per heavy atom. The zero-order valence-corrected chi connectivity index (χ0v) is 14.1. The van der Waals surface area contributed by atoms with Crippen LogP contribution in [0.3, 0.4) is 0 Å². The summed E-state index contributed by atoms with van der Waals surface area (Å²) < 4.78 is 7.82. The minimum atomic E-state index is -0.343. The van der Waals surface area contributed by atoms with Gasteiger partial charge in [0.25, 0.3) is 0 Å². The second-order valence-corrected chi connectivity index (χ2v) is 6.64. The quantitative estimate of drug-likeness (QED) is 0.831. The molecule has 2 aliphatic rings. The van der Waals surface area contributed by atoms with Crippen LogP contribution in [0.5, 0.6) is 0 Å². The number of carbonyl (C=O) groups is 1. The summed E-state index contributed by atoms with van der Waals surface area (Å²) in [6.45, 7) is 8.73. The molecule has 23 heavy (non-hydrogen) atoms. The van der Waals surface area contributed by atoms with Gasteiger partial charge in [0.2, 0.25) is 5.91 Å². The number of carbonyl (C=O) groups excluding carboxylic acids is 1. The fraction of sp³-hybridized carbons (Fsp3) is 0.750. The molecule has 0 radical (unpaired) electrons. The number of ether oxygens (including phenoxy) is 1. The van der Waals surface area contributed by atoms with Gasteiger partial charge in [0.05, 0.1) is 12.8 Å². The number of piperazine rings is 1. The van der Waals surface area contributed by atoms with Crippen LogP contribution in [0.4, 0.5) is 0 Å². The van der Waals surface area contributed by atoms with E-state index in [1.54, 1.807) is 4.68 Å². The predicted molar refractivity (Wildman–Crippen MR) is 87.0 cm³/mol. The van der Waals surface area contributed by atoms with Crippen molar-refractivity contribution in [2.24, 2.45) is 7.05 Å². The van der Waals surface area contributed by atoms with E-state index in [-0.39, 0.29) is 11.5 Å². The molecular formula is C16H27N5O2. The maximum atomic E-state index is 12.3. The van der Waals surface area contributed by atoms with E-state index >= 15 is 0 Å². The molecule has 0 bridgehead atoms. The molecule has 7 nitrogen and oxygen atoms in total. The van der Waals surface area contributed by atoms with Crippen LogP contribution >= 0.6 is 0 Å². The average Bonchev–Trinajstić information content (AvgIpc) is 3.01. The van der Waals surface area contributed by atoms with Gasteiger partial charge in [-0.3, -0.25) is 14.4 Å². The number of rotatable bonds is 4. The second-order valence-electron chi connectivity index (χ2n) is 6.64. The van der Waals surface area contributed by atoms with Gasteiger partial charge >= 0.3 is 0 Å². The van der Waals surface area contributed by atoms with Gasteiger partial charge in [0.15, 0.2) is 0 Å². The Bertz CT molecular complexity index is 540. The monoisotopic (exact) mass is 321 g/mol. The molecule has 3 heterocycles. The van der Waals surface area contributed by atoms with E-state index in [2.05, 4.69) is 22.2 Å². The first-order chi connectivity index (χ1) is 11.1. The zero-order chi connectivity index (χ0) is 16.3. The Balaban J connectivity index is 1.53. The highest BCUT2D eigenvalue weighted by Crippen LogP contribution is 2.29. The molecule has 3 rings (SSSR count). The molecule has 128 valence electrons.